The highest BCUT2D eigenvalue weighted by Crippen LogP contribution is 2.30. The van der Waals surface area contributed by atoms with Gasteiger partial charge in [-0.15, -0.1) is 0 Å². The van der Waals surface area contributed by atoms with E-state index in [0.717, 1.165) is 60.2 Å². The molecule has 0 bridgehead atoms. The average molecular weight is 292 g/mol. The molecule has 0 radical (unpaired) electrons. The smallest absolute Gasteiger partial charge is 0.186 e. The fourth-order valence-electron chi connectivity index (χ4n) is 2.59. The van der Waals surface area contributed by atoms with Crippen molar-refractivity contribution in [2.45, 2.75) is 6.42 Å². The molecule has 1 fully saturated rings. The van der Waals surface area contributed by atoms with E-state index in [4.69, 9.17) is 15.8 Å². The van der Waals surface area contributed by atoms with Crippen molar-refractivity contribution in [1.29, 1.82) is 0 Å². The van der Waals surface area contributed by atoms with Crippen LogP contribution in [0.5, 0.6) is 0 Å². The standard InChI is InChI=1S/C14H20N4OS/c15-11-2-3-12-13(10-11)20-14(16-12)18-5-1-4-17(6-7-18)8-9-19/h2-3,10,19H,1,4-9,15H2. The quantitative estimate of drug-likeness (QED) is 0.837. The number of anilines is 2. The molecule has 2 aromatic rings. The fourth-order valence-corrected chi connectivity index (χ4v) is 3.66. The predicted molar refractivity (Wildman–Crippen MR) is 84.4 cm³/mol. The lowest BCUT2D eigenvalue weighted by Crippen LogP contribution is -2.32. The maximum atomic E-state index is 9.04. The third-order valence-corrected chi connectivity index (χ3v) is 4.76. The lowest BCUT2D eigenvalue weighted by Gasteiger charge is -2.20. The van der Waals surface area contributed by atoms with E-state index in [-0.39, 0.29) is 6.61 Å². The van der Waals surface area contributed by atoms with E-state index in [1.54, 1.807) is 11.3 Å². The van der Waals surface area contributed by atoms with Gasteiger partial charge in [-0.2, -0.15) is 0 Å². The first-order valence-electron chi connectivity index (χ1n) is 7.00. The van der Waals surface area contributed by atoms with Gasteiger partial charge in [0.2, 0.25) is 0 Å². The topological polar surface area (TPSA) is 65.6 Å². The molecule has 1 aromatic heterocycles. The highest BCUT2D eigenvalue weighted by molar-refractivity contribution is 7.22. The zero-order chi connectivity index (χ0) is 13.9. The van der Waals surface area contributed by atoms with Crippen LogP contribution in [0.3, 0.4) is 0 Å². The van der Waals surface area contributed by atoms with E-state index < -0.39 is 0 Å². The van der Waals surface area contributed by atoms with E-state index in [2.05, 4.69) is 9.80 Å². The van der Waals surface area contributed by atoms with Gasteiger partial charge in [0.05, 0.1) is 16.8 Å². The van der Waals surface area contributed by atoms with Crippen molar-refractivity contribution < 1.29 is 5.11 Å². The van der Waals surface area contributed by atoms with E-state index in [0.29, 0.717) is 0 Å². The fraction of sp³-hybridized carbons (Fsp3) is 0.500. The molecule has 3 N–H and O–H groups in total. The van der Waals surface area contributed by atoms with E-state index in [9.17, 15) is 0 Å². The molecule has 6 heteroatoms. The summed E-state index contributed by atoms with van der Waals surface area (Å²) in [6.45, 7) is 5.03. The summed E-state index contributed by atoms with van der Waals surface area (Å²) in [5.41, 5.74) is 7.64. The molecule has 0 saturated carbocycles. The van der Waals surface area contributed by atoms with Crippen molar-refractivity contribution in [3.8, 4) is 0 Å². The molecule has 3 rings (SSSR count). The molecule has 1 aliphatic heterocycles. The lowest BCUT2D eigenvalue weighted by molar-refractivity contribution is 0.204. The van der Waals surface area contributed by atoms with Crippen LogP contribution in [0, 0.1) is 0 Å². The van der Waals surface area contributed by atoms with Crippen LogP contribution in [-0.4, -0.2) is 54.3 Å². The van der Waals surface area contributed by atoms with Crippen molar-refractivity contribution in [1.82, 2.24) is 9.88 Å². The van der Waals surface area contributed by atoms with Crippen LogP contribution < -0.4 is 10.6 Å². The number of thiazole rings is 1. The zero-order valence-electron chi connectivity index (χ0n) is 11.5. The maximum absolute atomic E-state index is 9.04. The molecule has 5 nitrogen and oxygen atoms in total. The highest BCUT2D eigenvalue weighted by atomic mass is 32.1. The van der Waals surface area contributed by atoms with Crippen molar-refractivity contribution in [3.05, 3.63) is 18.2 Å². The predicted octanol–water partition coefficient (Wildman–Crippen LogP) is 1.38. The Kier molecular flexibility index (Phi) is 4.05. The number of nitrogen functional groups attached to an aromatic ring is 1. The van der Waals surface area contributed by atoms with Gasteiger partial charge in [-0.25, -0.2) is 4.98 Å². The van der Waals surface area contributed by atoms with Crippen LogP contribution in [0.25, 0.3) is 10.2 Å². The van der Waals surface area contributed by atoms with Crippen molar-refractivity contribution in [3.63, 3.8) is 0 Å². The van der Waals surface area contributed by atoms with Crippen LogP contribution in [0.4, 0.5) is 10.8 Å². The summed E-state index contributed by atoms with van der Waals surface area (Å²) >= 11 is 1.71. The summed E-state index contributed by atoms with van der Waals surface area (Å²) in [4.78, 5) is 9.37. The van der Waals surface area contributed by atoms with Crippen LogP contribution >= 0.6 is 11.3 Å². The summed E-state index contributed by atoms with van der Waals surface area (Å²) in [5, 5.41) is 10.1. The number of nitrogens with zero attached hydrogens (tertiary/aromatic N) is 3. The van der Waals surface area contributed by atoms with Crippen molar-refractivity contribution in [2.75, 3.05) is 50.0 Å². The maximum Gasteiger partial charge on any atom is 0.186 e. The SMILES string of the molecule is Nc1ccc2nc(N3CCCN(CCO)CC3)sc2c1. The number of aromatic nitrogens is 1. The monoisotopic (exact) mass is 292 g/mol. The molecular formula is C14H20N4OS. The molecular weight excluding hydrogens is 272 g/mol. The van der Waals surface area contributed by atoms with Crippen molar-refractivity contribution >= 4 is 32.4 Å². The van der Waals surface area contributed by atoms with Gasteiger partial charge >= 0.3 is 0 Å². The number of β-amino-alcohol motifs (C(OH)–C–C–N with tert-alkyl or cyclic N) is 1. The second-order valence-corrected chi connectivity index (χ2v) is 6.14. The van der Waals surface area contributed by atoms with Gasteiger partial charge in [0.25, 0.3) is 0 Å². The van der Waals surface area contributed by atoms with Crippen LogP contribution in [0.1, 0.15) is 6.42 Å². The largest absolute Gasteiger partial charge is 0.399 e. The highest BCUT2D eigenvalue weighted by Gasteiger charge is 2.17. The first-order valence-corrected chi connectivity index (χ1v) is 7.82. The van der Waals surface area contributed by atoms with Gasteiger partial charge in [-0.05, 0) is 31.2 Å². The minimum absolute atomic E-state index is 0.237. The Morgan fingerprint density at radius 3 is 3.00 bits per heavy atom. The minimum atomic E-state index is 0.237. The Bertz CT molecular complexity index is 586. The van der Waals surface area contributed by atoms with Crippen molar-refractivity contribution in [2.24, 2.45) is 0 Å². The lowest BCUT2D eigenvalue weighted by atomic mass is 10.3. The molecule has 20 heavy (non-hydrogen) atoms. The Balaban J connectivity index is 1.77. The minimum Gasteiger partial charge on any atom is -0.399 e. The van der Waals surface area contributed by atoms with Gasteiger partial charge < -0.3 is 15.7 Å². The number of benzene rings is 1. The number of hydrogen-bond donors (Lipinski definition) is 2. The molecule has 1 saturated heterocycles. The van der Waals surface area contributed by atoms with E-state index >= 15 is 0 Å². The Morgan fingerprint density at radius 1 is 1.25 bits per heavy atom. The second-order valence-electron chi connectivity index (χ2n) is 5.13. The molecule has 1 aliphatic rings. The van der Waals surface area contributed by atoms with Gasteiger partial charge in [0.1, 0.15) is 0 Å². The van der Waals surface area contributed by atoms with Crippen LogP contribution in [-0.2, 0) is 0 Å². The average Bonchev–Trinajstić information content (AvgIpc) is 2.70. The first kappa shape index (κ1) is 13.6. The Labute approximate surface area is 122 Å². The third kappa shape index (κ3) is 2.87. The van der Waals surface area contributed by atoms with Gasteiger partial charge in [-0.3, -0.25) is 4.90 Å². The number of rotatable bonds is 3. The molecule has 1 aromatic carbocycles. The summed E-state index contributed by atoms with van der Waals surface area (Å²) in [6, 6.07) is 5.88. The number of aliphatic hydroxyl groups is 1. The van der Waals surface area contributed by atoms with Crippen LogP contribution in [0.2, 0.25) is 0 Å². The molecule has 0 amide bonds. The number of hydrogen-bond acceptors (Lipinski definition) is 6. The molecule has 2 heterocycles. The van der Waals surface area contributed by atoms with E-state index in [1.807, 2.05) is 18.2 Å². The summed E-state index contributed by atoms with van der Waals surface area (Å²) in [6.07, 6.45) is 1.11. The summed E-state index contributed by atoms with van der Waals surface area (Å²) < 4.78 is 1.15. The molecule has 0 unspecified atom stereocenters. The van der Waals surface area contributed by atoms with Crippen LogP contribution in [0.15, 0.2) is 18.2 Å². The first-order chi connectivity index (χ1) is 9.76. The molecule has 108 valence electrons. The van der Waals surface area contributed by atoms with Gasteiger partial charge in [0.15, 0.2) is 5.13 Å². The summed E-state index contributed by atoms with van der Waals surface area (Å²) in [5.74, 6) is 0. The van der Waals surface area contributed by atoms with Gasteiger partial charge in [-0.1, -0.05) is 11.3 Å². The van der Waals surface area contributed by atoms with Gasteiger partial charge in [0, 0.05) is 31.9 Å². The summed E-state index contributed by atoms with van der Waals surface area (Å²) in [7, 11) is 0. The Morgan fingerprint density at radius 2 is 2.15 bits per heavy atom. The molecule has 0 aliphatic carbocycles. The number of aliphatic hydroxyl groups excluding tert-OH is 1. The second kappa shape index (κ2) is 5.95. The third-order valence-electron chi connectivity index (χ3n) is 3.68. The zero-order valence-corrected chi connectivity index (χ0v) is 12.3. The normalized spacial score (nSPS) is 17.6. The number of fused-ring (bicyclic) bond motifs is 1. The Hall–Kier alpha value is -1.37. The molecule has 0 atom stereocenters. The number of nitrogens with two attached hydrogens (primary N) is 1. The van der Waals surface area contributed by atoms with E-state index in [1.165, 1.54) is 0 Å². The molecule has 0 spiro atoms.